The van der Waals surface area contributed by atoms with Gasteiger partial charge in [-0.15, -0.1) is 0 Å². The highest BCUT2D eigenvalue weighted by Crippen LogP contribution is 2.16. The van der Waals surface area contributed by atoms with Crippen molar-refractivity contribution in [3.8, 4) is 0 Å². The SMILES string of the molecule is CCCNc1cnccc1C(=O)N(CCOC)CCOC. The fourth-order valence-corrected chi connectivity index (χ4v) is 1.87. The summed E-state index contributed by atoms with van der Waals surface area (Å²) in [5.74, 6) is -0.0369. The zero-order valence-electron chi connectivity index (χ0n) is 13.1. The number of hydrogen-bond donors (Lipinski definition) is 1. The van der Waals surface area contributed by atoms with Gasteiger partial charge in [-0.05, 0) is 12.5 Å². The van der Waals surface area contributed by atoms with Crippen molar-refractivity contribution < 1.29 is 14.3 Å². The van der Waals surface area contributed by atoms with E-state index in [9.17, 15) is 4.79 Å². The Labute approximate surface area is 126 Å². The highest BCUT2D eigenvalue weighted by atomic mass is 16.5. The summed E-state index contributed by atoms with van der Waals surface area (Å²) >= 11 is 0. The number of nitrogens with one attached hydrogen (secondary N) is 1. The first kappa shape index (κ1) is 17.4. The van der Waals surface area contributed by atoms with E-state index >= 15 is 0 Å². The number of rotatable bonds is 10. The van der Waals surface area contributed by atoms with Crippen LogP contribution < -0.4 is 5.32 Å². The lowest BCUT2D eigenvalue weighted by Gasteiger charge is -2.23. The highest BCUT2D eigenvalue weighted by molar-refractivity contribution is 5.99. The maximum absolute atomic E-state index is 12.7. The normalized spacial score (nSPS) is 10.4. The van der Waals surface area contributed by atoms with Crippen LogP contribution in [0.1, 0.15) is 23.7 Å². The summed E-state index contributed by atoms with van der Waals surface area (Å²) in [5.41, 5.74) is 1.40. The Balaban J connectivity index is 2.85. The van der Waals surface area contributed by atoms with Crippen LogP contribution in [0.2, 0.25) is 0 Å². The van der Waals surface area contributed by atoms with Crippen LogP contribution in [0.5, 0.6) is 0 Å². The fourth-order valence-electron chi connectivity index (χ4n) is 1.87. The average Bonchev–Trinajstić information content (AvgIpc) is 2.52. The van der Waals surface area contributed by atoms with Crippen LogP contribution in [0.3, 0.4) is 0 Å². The Kier molecular flexibility index (Phi) is 8.38. The van der Waals surface area contributed by atoms with E-state index in [1.54, 1.807) is 37.6 Å². The standard InChI is InChI=1S/C15H25N3O3/c1-4-6-17-14-12-16-7-5-13(14)15(19)18(8-10-20-2)9-11-21-3/h5,7,12,17H,4,6,8-11H2,1-3H3. The minimum atomic E-state index is -0.0369. The molecule has 0 aliphatic rings. The number of hydrogen-bond acceptors (Lipinski definition) is 5. The summed E-state index contributed by atoms with van der Waals surface area (Å²) in [4.78, 5) is 18.5. The molecule has 1 aromatic heterocycles. The molecule has 0 spiro atoms. The van der Waals surface area contributed by atoms with Gasteiger partial charge >= 0.3 is 0 Å². The lowest BCUT2D eigenvalue weighted by Crippen LogP contribution is -2.36. The quantitative estimate of drug-likeness (QED) is 0.711. The minimum Gasteiger partial charge on any atom is -0.383 e. The third-order valence-corrected chi connectivity index (χ3v) is 3.03. The monoisotopic (exact) mass is 295 g/mol. The van der Waals surface area contributed by atoms with Crippen molar-refractivity contribution >= 4 is 11.6 Å². The van der Waals surface area contributed by atoms with Gasteiger partial charge in [-0.1, -0.05) is 6.92 Å². The Morgan fingerprint density at radius 3 is 2.52 bits per heavy atom. The molecule has 0 bridgehead atoms. The molecule has 1 heterocycles. The first-order chi connectivity index (χ1) is 10.2. The van der Waals surface area contributed by atoms with Gasteiger partial charge in [-0.25, -0.2) is 0 Å². The molecule has 1 rings (SSSR count). The molecule has 0 saturated carbocycles. The number of nitrogens with zero attached hydrogens (tertiary/aromatic N) is 2. The summed E-state index contributed by atoms with van der Waals surface area (Å²) in [5, 5.41) is 3.24. The van der Waals surface area contributed by atoms with Gasteiger partial charge in [0, 0.05) is 40.1 Å². The van der Waals surface area contributed by atoms with Gasteiger partial charge in [0.25, 0.3) is 5.91 Å². The zero-order chi connectivity index (χ0) is 15.5. The molecular weight excluding hydrogens is 270 g/mol. The molecule has 0 atom stereocenters. The maximum Gasteiger partial charge on any atom is 0.256 e. The first-order valence-electron chi connectivity index (χ1n) is 7.19. The Bertz CT molecular complexity index is 418. The van der Waals surface area contributed by atoms with E-state index in [0.717, 1.165) is 18.7 Å². The van der Waals surface area contributed by atoms with Crippen molar-refractivity contribution in [1.82, 2.24) is 9.88 Å². The van der Waals surface area contributed by atoms with Gasteiger partial charge in [-0.2, -0.15) is 0 Å². The molecule has 1 amide bonds. The molecule has 6 heteroatoms. The van der Waals surface area contributed by atoms with Gasteiger partial charge in [0.15, 0.2) is 0 Å². The molecule has 0 radical (unpaired) electrons. The van der Waals surface area contributed by atoms with Crippen molar-refractivity contribution in [2.45, 2.75) is 13.3 Å². The van der Waals surface area contributed by atoms with E-state index < -0.39 is 0 Å². The van der Waals surface area contributed by atoms with Gasteiger partial charge in [-0.3, -0.25) is 9.78 Å². The molecule has 118 valence electrons. The van der Waals surface area contributed by atoms with Crippen LogP contribution in [0.15, 0.2) is 18.5 Å². The van der Waals surface area contributed by atoms with Crippen molar-refractivity contribution in [3.05, 3.63) is 24.0 Å². The summed E-state index contributed by atoms with van der Waals surface area (Å²) in [6.45, 7) is 4.95. The smallest absolute Gasteiger partial charge is 0.256 e. The van der Waals surface area contributed by atoms with E-state index in [1.165, 1.54) is 0 Å². The zero-order valence-corrected chi connectivity index (χ0v) is 13.1. The van der Waals surface area contributed by atoms with Crippen molar-refractivity contribution in [2.24, 2.45) is 0 Å². The molecule has 0 saturated heterocycles. The van der Waals surface area contributed by atoms with Crippen molar-refractivity contribution in [1.29, 1.82) is 0 Å². The summed E-state index contributed by atoms with van der Waals surface area (Å²) in [6, 6.07) is 1.74. The lowest BCUT2D eigenvalue weighted by atomic mass is 10.2. The summed E-state index contributed by atoms with van der Waals surface area (Å²) in [6.07, 6.45) is 4.31. The second kappa shape index (κ2) is 10.1. The number of amides is 1. The topological polar surface area (TPSA) is 63.7 Å². The minimum absolute atomic E-state index is 0.0369. The van der Waals surface area contributed by atoms with E-state index in [-0.39, 0.29) is 5.91 Å². The number of ether oxygens (including phenoxy) is 2. The lowest BCUT2D eigenvalue weighted by molar-refractivity contribution is 0.0628. The summed E-state index contributed by atoms with van der Waals surface area (Å²) in [7, 11) is 3.25. The largest absolute Gasteiger partial charge is 0.383 e. The number of anilines is 1. The van der Waals surface area contributed by atoms with E-state index in [4.69, 9.17) is 9.47 Å². The Morgan fingerprint density at radius 2 is 1.95 bits per heavy atom. The van der Waals surface area contributed by atoms with Crippen LogP contribution in [0.25, 0.3) is 0 Å². The van der Waals surface area contributed by atoms with E-state index in [1.807, 2.05) is 0 Å². The van der Waals surface area contributed by atoms with Gasteiger partial charge in [0.05, 0.1) is 30.7 Å². The molecule has 0 fully saturated rings. The Hall–Kier alpha value is -1.66. The van der Waals surface area contributed by atoms with E-state index in [2.05, 4.69) is 17.2 Å². The van der Waals surface area contributed by atoms with Crippen molar-refractivity contribution in [3.63, 3.8) is 0 Å². The molecular formula is C15H25N3O3. The number of carbonyl (C=O) groups is 1. The highest BCUT2D eigenvalue weighted by Gasteiger charge is 2.18. The summed E-state index contributed by atoms with van der Waals surface area (Å²) < 4.78 is 10.1. The fraction of sp³-hybridized carbons (Fsp3) is 0.600. The van der Waals surface area contributed by atoms with Gasteiger partial charge < -0.3 is 19.7 Å². The molecule has 0 aromatic carbocycles. The predicted molar refractivity (Wildman–Crippen MR) is 82.7 cm³/mol. The van der Waals surface area contributed by atoms with Gasteiger partial charge in [0.1, 0.15) is 0 Å². The third kappa shape index (κ3) is 5.69. The molecule has 0 unspecified atom stereocenters. The maximum atomic E-state index is 12.7. The molecule has 1 N–H and O–H groups in total. The van der Waals surface area contributed by atoms with Crippen LogP contribution >= 0.6 is 0 Å². The van der Waals surface area contributed by atoms with Crippen molar-refractivity contribution in [2.75, 3.05) is 52.4 Å². The average molecular weight is 295 g/mol. The van der Waals surface area contributed by atoms with Crippen LogP contribution in [-0.4, -0.2) is 62.9 Å². The third-order valence-electron chi connectivity index (χ3n) is 3.03. The molecule has 1 aromatic rings. The first-order valence-corrected chi connectivity index (χ1v) is 7.19. The molecule has 6 nitrogen and oxygen atoms in total. The second-order valence-corrected chi connectivity index (χ2v) is 4.63. The molecule has 0 aliphatic heterocycles. The molecule has 0 aliphatic carbocycles. The number of carbonyl (C=O) groups excluding carboxylic acids is 1. The van der Waals surface area contributed by atoms with Crippen LogP contribution in [-0.2, 0) is 9.47 Å². The van der Waals surface area contributed by atoms with Crippen LogP contribution in [0, 0.1) is 0 Å². The van der Waals surface area contributed by atoms with Gasteiger partial charge in [0.2, 0.25) is 0 Å². The number of methoxy groups -OCH3 is 2. The van der Waals surface area contributed by atoms with Crippen LogP contribution in [0.4, 0.5) is 5.69 Å². The number of pyridine rings is 1. The Morgan fingerprint density at radius 1 is 1.29 bits per heavy atom. The molecule has 21 heavy (non-hydrogen) atoms. The second-order valence-electron chi connectivity index (χ2n) is 4.63. The predicted octanol–water partition coefficient (Wildman–Crippen LogP) is 1.64. The van der Waals surface area contributed by atoms with E-state index in [0.29, 0.717) is 31.9 Å². The number of aromatic nitrogens is 1.